The van der Waals surface area contributed by atoms with Gasteiger partial charge < -0.3 is 9.84 Å². The molecule has 0 atom stereocenters. The van der Waals surface area contributed by atoms with Crippen LogP contribution in [0.3, 0.4) is 0 Å². The SMILES string of the molecule is CCOc1c(F)cc(F)cc1CO. The van der Waals surface area contributed by atoms with Crippen molar-refractivity contribution in [2.45, 2.75) is 13.5 Å². The number of hydrogen-bond acceptors (Lipinski definition) is 2. The van der Waals surface area contributed by atoms with E-state index >= 15 is 0 Å². The quantitative estimate of drug-likeness (QED) is 0.784. The first-order valence-corrected chi connectivity index (χ1v) is 3.90. The van der Waals surface area contributed by atoms with Gasteiger partial charge in [0.1, 0.15) is 5.82 Å². The second kappa shape index (κ2) is 4.18. The van der Waals surface area contributed by atoms with Crippen LogP contribution in [0.5, 0.6) is 5.75 Å². The van der Waals surface area contributed by atoms with Crippen molar-refractivity contribution in [2.75, 3.05) is 6.61 Å². The maximum Gasteiger partial charge on any atom is 0.168 e. The first kappa shape index (κ1) is 9.92. The third-order valence-corrected chi connectivity index (χ3v) is 1.54. The molecule has 0 heterocycles. The number of ether oxygens (including phenoxy) is 1. The number of halogens is 2. The highest BCUT2D eigenvalue weighted by atomic mass is 19.1. The van der Waals surface area contributed by atoms with Crippen molar-refractivity contribution in [1.82, 2.24) is 0 Å². The predicted octanol–water partition coefficient (Wildman–Crippen LogP) is 1.86. The molecule has 72 valence electrons. The van der Waals surface area contributed by atoms with Crippen LogP contribution in [0.15, 0.2) is 12.1 Å². The number of aliphatic hydroxyl groups is 1. The summed E-state index contributed by atoms with van der Waals surface area (Å²) < 4.78 is 30.5. The third kappa shape index (κ3) is 2.15. The molecule has 0 aliphatic rings. The van der Waals surface area contributed by atoms with E-state index in [0.29, 0.717) is 0 Å². The normalized spacial score (nSPS) is 10.2. The lowest BCUT2D eigenvalue weighted by Gasteiger charge is -2.08. The summed E-state index contributed by atoms with van der Waals surface area (Å²) in [6, 6.07) is 1.78. The van der Waals surface area contributed by atoms with Gasteiger partial charge in [-0.1, -0.05) is 0 Å². The molecule has 2 nitrogen and oxygen atoms in total. The molecule has 0 aliphatic carbocycles. The molecule has 1 rings (SSSR count). The van der Waals surface area contributed by atoms with Gasteiger partial charge in [-0.05, 0) is 13.0 Å². The fourth-order valence-corrected chi connectivity index (χ4v) is 1.04. The molecule has 1 aromatic rings. The summed E-state index contributed by atoms with van der Waals surface area (Å²) in [5, 5.41) is 8.78. The Bertz CT molecular complexity index is 300. The summed E-state index contributed by atoms with van der Waals surface area (Å²) in [7, 11) is 0. The van der Waals surface area contributed by atoms with Crippen molar-refractivity contribution in [2.24, 2.45) is 0 Å². The van der Waals surface area contributed by atoms with E-state index in [9.17, 15) is 8.78 Å². The summed E-state index contributed by atoms with van der Waals surface area (Å²) in [4.78, 5) is 0. The number of aliphatic hydroxyl groups excluding tert-OH is 1. The third-order valence-electron chi connectivity index (χ3n) is 1.54. The first-order valence-electron chi connectivity index (χ1n) is 3.90. The molecule has 1 N–H and O–H groups in total. The minimum Gasteiger partial charge on any atom is -0.490 e. The lowest BCUT2D eigenvalue weighted by atomic mass is 10.2. The van der Waals surface area contributed by atoms with Gasteiger partial charge in [-0.15, -0.1) is 0 Å². The fraction of sp³-hybridized carbons (Fsp3) is 0.333. The van der Waals surface area contributed by atoms with Crippen LogP contribution in [0, 0.1) is 11.6 Å². The van der Waals surface area contributed by atoms with Crippen LogP contribution in [-0.2, 0) is 6.61 Å². The highest BCUT2D eigenvalue weighted by molar-refractivity contribution is 5.35. The monoisotopic (exact) mass is 188 g/mol. The Morgan fingerprint density at radius 1 is 1.38 bits per heavy atom. The average molecular weight is 188 g/mol. The van der Waals surface area contributed by atoms with Crippen molar-refractivity contribution in [3.63, 3.8) is 0 Å². The van der Waals surface area contributed by atoms with Gasteiger partial charge in [-0.2, -0.15) is 0 Å². The lowest BCUT2D eigenvalue weighted by Crippen LogP contribution is -2.00. The molecule has 0 saturated heterocycles. The van der Waals surface area contributed by atoms with Crippen molar-refractivity contribution < 1.29 is 18.6 Å². The Morgan fingerprint density at radius 3 is 2.62 bits per heavy atom. The van der Waals surface area contributed by atoms with Gasteiger partial charge in [0.2, 0.25) is 0 Å². The van der Waals surface area contributed by atoms with Crippen LogP contribution in [0.1, 0.15) is 12.5 Å². The number of benzene rings is 1. The van der Waals surface area contributed by atoms with Gasteiger partial charge in [0.15, 0.2) is 11.6 Å². The predicted molar refractivity (Wildman–Crippen MR) is 43.4 cm³/mol. The Kier molecular flexibility index (Phi) is 3.19. The number of hydrogen-bond donors (Lipinski definition) is 1. The van der Waals surface area contributed by atoms with E-state index in [1.54, 1.807) is 6.92 Å². The molecule has 1 aromatic carbocycles. The first-order chi connectivity index (χ1) is 6.19. The standard InChI is InChI=1S/C9H10F2O2/c1-2-13-9-6(5-12)3-7(10)4-8(9)11/h3-4,12H,2,5H2,1H3. The van der Waals surface area contributed by atoms with Gasteiger partial charge in [-0.3, -0.25) is 0 Å². The van der Waals surface area contributed by atoms with Crippen LogP contribution < -0.4 is 4.74 Å². The second-order valence-corrected chi connectivity index (χ2v) is 2.47. The zero-order valence-electron chi connectivity index (χ0n) is 7.18. The Labute approximate surface area is 74.8 Å². The molecule has 0 saturated carbocycles. The van der Waals surface area contributed by atoms with Crippen LogP contribution in [-0.4, -0.2) is 11.7 Å². The highest BCUT2D eigenvalue weighted by Gasteiger charge is 2.11. The van der Waals surface area contributed by atoms with Crippen LogP contribution in [0.25, 0.3) is 0 Å². The van der Waals surface area contributed by atoms with Crippen LogP contribution in [0.4, 0.5) is 8.78 Å². The lowest BCUT2D eigenvalue weighted by molar-refractivity contribution is 0.260. The molecule has 4 heteroatoms. The molecular weight excluding hydrogens is 178 g/mol. The van der Waals surface area contributed by atoms with E-state index in [2.05, 4.69) is 0 Å². The molecule has 0 radical (unpaired) electrons. The van der Waals surface area contributed by atoms with Crippen molar-refractivity contribution in [3.05, 3.63) is 29.3 Å². The molecular formula is C9H10F2O2. The summed E-state index contributed by atoms with van der Waals surface area (Å²) in [5.74, 6) is -1.58. The van der Waals surface area contributed by atoms with E-state index in [4.69, 9.17) is 9.84 Å². The Hall–Kier alpha value is -1.16. The van der Waals surface area contributed by atoms with Gasteiger partial charge in [0.05, 0.1) is 13.2 Å². The molecule has 0 bridgehead atoms. The van der Waals surface area contributed by atoms with Gasteiger partial charge in [0.25, 0.3) is 0 Å². The average Bonchev–Trinajstić information content (AvgIpc) is 2.09. The molecule has 0 spiro atoms. The van der Waals surface area contributed by atoms with Crippen molar-refractivity contribution >= 4 is 0 Å². The van der Waals surface area contributed by atoms with E-state index < -0.39 is 18.2 Å². The minimum absolute atomic E-state index is 0.0774. The largest absolute Gasteiger partial charge is 0.490 e. The van der Waals surface area contributed by atoms with E-state index in [0.717, 1.165) is 12.1 Å². The topological polar surface area (TPSA) is 29.5 Å². The van der Waals surface area contributed by atoms with E-state index in [1.807, 2.05) is 0 Å². The molecule has 0 aliphatic heterocycles. The summed E-state index contributed by atoms with van der Waals surface area (Å²) in [6.45, 7) is 1.52. The van der Waals surface area contributed by atoms with Crippen LogP contribution in [0.2, 0.25) is 0 Å². The second-order valence-electron chi connectivity index (χ2n) is 2.47. The molecule has 0 aromatic heterocycles. The maximum absolute atomic E-state index is 13.0. The number of rotatable bonds is 3. The smallest absolute Gasteiger partial charge is 0.168 e. The van der Waals surface area contributed by atoms with Crippen molar-refractivity contribution in [3.8, 4) is 5.75 Å². The minimum atomic E-state index is -0.786. The van der Waals surface area contributed by atoms with Gasteiger partial charge in [0, 0.05) is 11.6 Å². The summed E-state index contributed by atoms with van der Waals surface area (Å²) in [6.07, 6.45) is 0. The Morgan fingerprint density at radius 2 is 2.08 bits per heavy atom. The maximum atomic E-state index is 13.0. The summed E-state index contributed by atoms with van der Waals surface area (Å²) in [5.41, 5.74) is 0.124. The van der Waals surface area contributed by atoms with E-state index in [-0.39, 0.29) is 17.9 Å². The van der Waals surface area contributed by atoms with Gasteiger partial charge >= 0.3 is 0 Å². The van der Waals surface area contributed by atoms with Crippen LogP contribution >= 0.6 is 0 Å². The molecule has 13 heavy (non-hydrogen) atoms. The Balaban J connectivity index is 3.13. The zero-order valence-corrected chi connectivity index (χ0v) is 7.18. The molecule has 0 amide bonds. The van der Waals surface area contributed by atoms with E-state index in [1.165, 1.54) is 0 Å². The zero-order chi connectivity index (χ0) is 9.84. The van der Waals surface area contributed by atoms with Crippen molar-refractivity contribution in [1.29, 1.82) is 0 Å². The highest BCUT2D eigenvalue weighted by Crippen LogP contribution is 2.24. The molecule has 0 fully saturated rings. The summed E-state index contributed by atoms with van der Waals surface area (Å²) >= 11 is 0. The fourth-order valence-electron chi connectivity index (χ4n) is 1.04. The van der Waals surface area contributed by atoms with Gasteiger partial charge in [-0.25, -0.2) is 8.78 Å². The molecule has 0 unspecified atom stereocenters.